The number of aliphatic hydroxyl groups is 1. The van der Waals surface area contributed by atoms with E-state index < -0.39 is 39.3 Å². The van der Waals surface area contributed by atoms with Gasteiger partial charge in [-0.15, -0.1) is 11.8 Å². The molecule has 0 radical (unpaired) electrons. The van der Waals surface area contributed by atoms with E-state index in [0.717, 1.165) is 5.56 Å². The fraction of sp³-hybridized carbons (Fsp3) is 0.256. The summed E-state index contributed by atoms with van der Waals surface area (Å²) in [5.41, 5.74) is 0.594. The molecule has 2 aliphatic heterocycles. The van der Waals surface area contributed by atoms with Crippen molar-refractivity contribution in [2.45, 2.75) is 48.8 Å². The summed E-state index contributed by atoms with van der Waals surface area (Å²) in [7, 11) is 0. The molecular formula is C39H34ClNO6S. The molecule has 1 aliphatic carbocycles. The zero-order valence-corrected chi connectivity index (χ0v) is 28.0. The number of halogens is 1. The maximum atomic E-state index is 14.8. The quantitative estimate of drug-likeness (QED) is 0.0658. The molecule has 5 atom stereocenters. The van der Waals surface area contributed by atoms with Gasteiger partial charge in [0.05, 0.1) is 23.3 Å². The molecule has 244 valence electrons. The number of fused-ring (bicyclic) bond motifs is 2. The lowest BCUT2D eigenvalue weighted by Gasteiger charge is -2.56. The van der Waals surface area contributed by atoms with Gasteiger partial charge in [0.1, 0.15) is 11.8 Å². The van der Waals surface area contributed by atoms with Gasteiger partial charge in [0.25, 0.3) is 0 Å². The van der Waals surface area contributed by atoms with E-state index in [-0.39, 0.29) is 30.3 Å². The lowest BCUT2D eigenvalue weighted by Crippen LogP contribution is -2.73. The molecule has 0 saturated carbocycles. The smallest absolute Gasteiger partial charge is 0.339 e. The number of ketones is 1. The largest absolute Gasteiger partial charge is 0.423 e. The predicted molar refractivity (Wildman–Crippen MR) is 184 cm³/mol. The van der Waals surface area contributed by atoms with Gasteiger partial charge in [0.2, 0.25) is 11.7 Å². The Labute approximate surface area is 288 Å². The highest BCUT2D eigenvalue weighted by Crippen LogP contribution is 2.68. The molecule has 7 nitrogen and oxygen atoms in total. The lowest BCUT2D eigenvalue weighted by atomic mass is 9.64. The van der Waals surface area contributed by atoms with E-state index in [2.05, 4.69) is 0 Å². The van der Waals surface area contributed by atoms with Gasteiger partial charge >= 0.3 is 5.97 Å². The molecule has 9 heteroatoms. The zero-order valence-electron chi connectivity index (χ0n) is 26.4. The first-order valence-corrected chi connectivity index (χ1v) is 17.1. The summed E-state index contributed by atoms with van der Waals surface area (Å²) in [6, 6.07) is 32.9. The number of thioether (sulfide) groups is 1. The molecule has 3 aliphatic rings. The number of para-hydroxylation sites is 1. The first-order valence-electron chi connectivity index (χ1n) is 15.8. The second-order valence-electron chi connectivity index (χ2n) is 12.9. The second-order valence-corrected chi connectivity index (χ2v) is 15.1. The van der Waals surface area contributed by atoms with Crippen LogP contribution in [0.25, 0.3) is 0 Å². The Morgan fingerprint density at radius 3 is 2.17 bits per heavy atom. The highest BCUT2D eigenvalue weighted by atomic mass is 35.5. The van der Waals surface area contributed by atoms with Gasteiger partial charge in [0.15, 0.2) is 5.78 Å². The first-order chi connectivity index (χ1) is 23.1. The van der Waals surface area contributed by atoms with Crippen LogP contribution in [-0.2, 0) is 26.7 Å². The van der Waals surface area contributed by atoms with E-state index in [1.807, 2.05) is 68.4 Å². The number of hydrogen-bond donors (Lipinski definition) is 1. The number of benzene rings is 4. The molecule has 4 aromatic carbocycles. The standard InChI is InChI=1S/C39H34ClNO6S/c1-37(2)34(39(45,27-14-8-4-9-15-27)46-24-25-12-6-3-7-13-25)41-35(44)38(36(41)48-37)23-22-30(33(43)47-29-16-10-5-11-17-29)31(38)32(42)26-18-20-28(40)21-19-26/h3-22,31,34,36,45H,23-24H2,1-2H3/t31?,34-,36-,38?,39?/m1/s1. The van der Waals surface area contributed by atoms with E-state index >= 15 is 0 Å². The molecule has 4 aromatic rings. The van der Waals surface area contributed by atoms with Crippen molar-refractivity contribution in [3.05, 3.63) is 149 Å². The van der Waals surface area contributed by atoms with Crippen molar-refractivity contribution in [3.63, 3.8) is 0 Å². The molecule has 2 fully saturated rings. The van der Waals surface area contributed by atoms with Crippen LogP contribution in [-0.4, -0.2) is 43.8 Å². The monoisotopic (exact) mass is 679 g/mol. The summed E-state index contributed by atoms with van der Waals surface area (Å²) >= 11 is 7.66. The average molecular weight is 680 g/mol. The van der Waals surface area contributed by atoms with Gasteiger partial charge in [-0.1, -0.05) is 96.5 Å². The van der Waals surface area contributed by atoms with Crippen molar-refractivity contribution in [2.24, 2.45) is 11.3 Å². The molecular weight excluding hydrogens is 646 g/mol. The van der Waals surface area contributed by atoms with Crippen LogP contribution in [0.3, 0.4) is 0 Å². The topological polar surface area (TPSA) is 93.1 Å². The van der Waals surface area contributed by atoms with Gasteiger partial charge in [-0.2, -0.15) is 0 Å². The number of nitrogens with zero attached hydrogens (tertiary/aromatic N) is 1. The SMILES string of the molecule is CC1(C)S[C@H]2N(C(=O)C23CC=C(C(=O)Oc2ccccc2)C3C(=O)c2ccc(Cl)cc2)[C@H]1C(O)(OCc1ccccc1)c1ccccc1. The number of carbonyl (C=O) groups is 3. The molecule has 1 N–H and O–H groups in total. The number of esters is 1. The Morgan fingerprint density at radius 2 is 1.52 bits per heavy atom. The van der Waals surface area contributed by atoms with Crippen LogP contribution in [0.15, 0.2) is 127 Å². The third kappa shape index (κ3) is 5.28. The van der Waals surface area contributed by atoms with Crippen LogP contribution in [0.1, 0.15) is 41.8 Å². The lowest BCUT2D eigenvalue weighted by molar-refractivity contribution is -0.270. The van der Waals surface area contributed by atoms with Crippen molar-refractivity contribution in [3.8, 4) is 5.75 Å². The third-order valence-electron chi connectivity index (χ3n) is 9.60. The summed E-state index contributed by atoms with van der Waals surface area (Å²) in [6.45, 7) is 4.06. The third-order valence-corrected chi connectivity index (χ3v) is 11.6. The Morgan fingerprint density at radius 1 is 0.917 bits per heavy atom. The van der Waals surface area contributed by atoms with Crippen molar-refractivity contribution in [1.29, 1.82) is 0 Å². The molecule has 3 unspecified atom stereocenters. The minimum Gasteiger partial charge on any atom is -0.423 e. The molecule has 1 amide bonds. The van der Waals surface area contributed by atoms with Crippen molar-refractivity contribution < 1.29 is 29.0 Å². The molecule has 0 bridgehead atoms. The molecule has 48 heavy (non-hydrogen) atoms. The second kappa shape index (κ2) is 12.3. The van der Waals surface area contributed by atoms with Crippen LogP contribution in [0, 0.1) is 11.3 Å². The van der Waals surface area contributed by atoms with E-state index in [1.54, 1.807) is 71.6 Å². The number of ether oxygens (including phenoxy) is 2. The minimum atomic E-state index is -1.89. The predicted octanol–water partition coefficient (Wildman–Crippen LogP) is 7.19. The molecule has 0 aromatic heterocycles. The number of rotatable bonds is 9. The van der Waals surface area contributed by atoms with Crippen molar-refractivity contribution in [2.75, 3.05) is 0 Å². The van der Waals surface area contributed by atoms with E-state index in [0.29, 0.717) is 21.9 Å². The van der Waals surface area contributed by atoms with Crippen molar-refractivity contribution >= 4 is 41.0 Å². The maximum Gasteiger partial charge on any atom is 0.339 e. The summed E-state index contributed by atoms with van der Waals surface area (Å²) in [4.78, 5) is 44.7. The van der Waals surface area contributed by atoms with E-state index in [4.69, 9.17) is 21.1 Å². The molecule has 2 saturated heterocycles. The van der Waals surface area contributed by atoms with Gasteiger partial charge in [-0.05, 0) is 62.2 Å². The Bertz CT molecular complexity index is 1880. The van der Waals surface area contributed by atoms with Gasteiger partial charge < -0.3 is 19.5 Å². The summed E-state index contributed by atoms with van der Waals surface area (Å²) in [6.07, 6.45) is 1.84. The Kier molecular flexibility index (Phi) is 8.32. The minimum absolute atomic E-state index is 0.107. The number of carbonyl (C=O) groups excluding carboxylic acids is 3. The Balaban J connectivity index is 1.27. The number of amides is 1. The maximum absolute atomic E-state index is 14.8. The average Bonchev–Trinajstić information content (AvgIpc) is 3.64. The summed E-state index contributed by atoms with van der Waals surface area (Å²) in [5.74, 6) is -4.03. The molecule has 1 spiro atoms. The van der Waals surface area contributed by atoms with E-state index in [1.165, 1.54) is 11.8 Å². The summed E-state index contributed by atoms with van der Waals surface area (Å²) < 4.78 is 11.4. The van der Waals surface area contributed by atoms with Crippen LogP contribution < -0.4 is 4.74 Å². The number of β-lactam (4-membered cyclic amide) rings is 1. The zero-order chi connectivity index (χ0) is 33.7. The number of Topliss-reactive ketones (excluding diaryl/α,β-unsaturated/α-hetero) is 1. The normalized spacial score (nSPS) is 25.2. The fourth-order valence-corrected chi connectivity index (χ4v) is 9.40. The van der Waals surface area contributed by atoms with Crippen LogP contribution in [0.4, 0.5) is 0 Å². The number of allylic oxidation sites excluding steroid dienone is 1. The Hall–Kier alpha value is -4.21. The highest BCUT2D eigenvalue weighted by Gasteiger charge is 2.77. The van der Waals surface area contributed by atoms with Crippen LogP contribution in [0.2, 0.25) is 5.02 Å². The highest BCUT2D eigenvalue weighted by molar-refractivity contribution is 8.01. The van der Waals surface area contributed by atoms with E-state index in [9.17, 15) is 19.5 Å². The van der Waals surface area contributed by atoms with Gasteiger partial charge in [-0.3, -0.25) is 9.59 Å². The van der Waals surface area contributed by atoms with Gasteiger partial charge in [-0.25, -0.2) is 4.79 Å². The van der Waals surface area contributed by atoms with Crippen LogP contribution in [0.5, 0.6) is 5.75 Å². The van der Waals surface area contributed by atoms with Gasteiger partial charge in [0, 0.05) is 26.5 Å². The summed E-state index contributed by atoms with van der Waals surface area (Å²) in [5, 5.41) is 12.6. The first kappa shape index (κ1) is 32.3. The molecule has 2 heterocycles. The number of hydrogen-bond acceptors (Lipinski definition) is 7. The van der Waals surface area contributed by atoms with Crippen molar-refractivity contribution in [1.82, 2.24) is 4.90 Å². The fourth-order valence-electron chi connectivity index (χ4n) is 7.42. The van der Waals surface area contributed by atoms with Crippen LogP contribution >= 0.6 is 23.4 Å². The molecule has 7 rings (SSSR count).